The number of hydrogen-bond donors (Lipinski definition) is 6. The molecular formula is C41H28N2O16S4. The molecule has 0 saturated heterocycles. The van der Waals surface area contributed by atoms with Crippen LogP contribution in [0.15, 0.2) is 146 Å². The van der Waals surface area contributed by atoms with E-state index in [4.69, 9.17) is 20.0 Å². The molecular weight excluding hydrogens is 905 g/mol. The van der Waals surface area contributed by atoms with Gasteiger partial charge in [-0.25, -0.2) is 10.5 Å². The number of aromatic amines is 1. The first-order valence-corrected chi connectivity index (χ1v) is 22.3. The molecule has 1 aliphatic rings. The van der Waals surface area contributed by atoms with Crippen LogP contribution in [0.2, 0.25) is 0 Å². The van der Waals surface area contributed by atoms with E-state index in [1.807, 2.05) is 0 Å². The largest absolute Gasteiger partial charge is 0.489 e. The second-order valence-electron chi connectivity index (χ2n) is 13.3. The lowest BCUT2D eigenvalue weighted by Crippen LogP contribution is -2.22. The van der Waals surface area contributed by atoms with Crippen molar-refractivity contribution in [1.82, 2.24) is 4.98 Å². The molecule has 18 nitrogen and oxygen atoms in total. The van der Waals surface area contributed by atoms with Crippen LogP contribution in [0.5, 0.6) is 17.2 Å². The van der Waals surface area contributed by atoms with Crippen molar-refractivity contribution in [3.05, 3.63) is 148 Å². The van der Waals surface area contributed by atoms with E-state index in [-0.39, 0.29) is 73.1 Å². The molecule has 1 aliphatic carbocycles. The van der Waals surface area contributed by atoms with E-state index < -0.39 is 41.4 Å². The summed E-state index contributed by atoms with van der Waals surface area (Å²) < 4.78 is 90.4. The fourth-order valence-electron chi connectivity index (χ4n) is 6.95. The fraction of sp³-hybridized carbons (Fsp3) is 0.0244. The lowest BCUT2D eigenvalue weighted by Gasteiger charge is -2.26. The molecule has 0 fully saturated rings. The number of rotatable bonds is 16. The van der Waals surface area contributed by atoms with Gasteiger partial charge in [-0.05, 0) is 65.7 Å². The number of fused-ring (bicyclic) bond motifs is 2. The number of carbonyl (C=O) groups is 1. The maximum atomic E-state index is 14.8. The van der Waals surface area contributed by atoms with Gasteiger partial charge in [0.2, 0.25) is 0 Å². The molecule has 0 atom stereocenters. The summed E-state index contributed by atoms with van der Waals surface area (Å²) in [7, 11) is -9.42. The Bertz CT molecular complexity index is 3220. The van der Waals surface area contributed by atoms with Crippen LogP contribution in [0.4, 0.5) is 11.4 Å². The Hall–Kier alpha value is -6.12. The van der Waals surface area contributed by atoms with Gasteiger partial charge in [-0.15, -0.1) is 8.67 Å². The maximum absolute atomic E-state index is 14.8. The Morgan fingerprint density at radius 1 is 0.635 bits per heavy atom. The Balaban J connectivity index is 1.39. The summed E-state index contributed by atoms with van der Waals surface area (Å²) in [5.41, 5.74) is 1.18. The zero-order valence-corrected chi connectivity index (χ0v) is 34.8. The van der Waals surface area contributed by atoms with E-state index in [0.29, 0.717) is 45.9 Å². The monoisotopic (exact) mass is 932 g/mol. The number of ketones is 1. The van der Waals surface area contributed by atoms with E-state index in [1.54, 1.807) is 78.9 Å². The summed E-state index contributed by atoms with van der Waals surface area (Å²) in [4.78, 5) is 31.4. The molecule has 7 aromatic rings. The fourth-order valence-corrected chi connectivity index (χ4v) is 8.93. The van der Waals surface area contributed by atoms with Crippen molar-refractivity contribution < 1.29 is 69.5 Å². The molecule has 1 heterocycles. The van der Waals surface area contributed by atoms with Gasteiger partial charge in [-0.3, -0.25) is 18.7 Å². The van der Waals surface area contributed by atoms with Crippen molar-refractivity contribution >= 4 is 72.4 Å². The summed E-state index contributed by atoms with van der Waals surface area (Å²) in [5.74, 6) is -0.223. The van der Waals surface area contributed by atoms with Crippen LogP contribution in [0.1, 0.15) is 21.5 Å². The number of benzene rings is 6. The molecule has 63 heavy (non-hydrogen) atoms. The normalized spacial score (nSPS) is 12.3. The van der Waals surface area contributed by atoms with Crippen LogP contribution in [-0.2, 0) is 45.6 Å². The number of anilines is 2. The molecule has 1 aromatic heterocycles. The van der Waals surface area contributed by atoms with E-state index in [0.717, 1.165) is 18.2 Å². The van der Waals surface area contributed by atoms with Crippen molar-refractivity contribution in [2.45, 2.75) is 26.2 Å². The number of nitrogens with one attached hydrogen (secondary N) is 2. The molecule has 0 aliphatic heterocycles. The maximum Gasteiger partial charge on any atom is 0.294 e. The van der Waals surface area contributed by atoms with E-state index in [2.05, 4.69) is 29.0 Å². The molecule has 0 radical (unpaired) electrons. The number of pyridine rings is 1. The van der Waals surface area contributed by atoms with Gasteiger partial charge in [0.05, 0.1) is 66.8 Å². The van der Waals surface area contributed by atoms with Gasteiger partial charge < -0.3 is 19.8 Å². The third-order valence-corrected chi connectivity index (χ3v) is 12.5. The van der Waals surface area contributed by atoms with Gasteiger partial charge in [0.25, 0.3) is 25.8 Å². The average molecular weight is 933 g/mol. The van der Waals surface area contributed by atoms with Crippen molar-refractivity contribution in [2.24, 2.45) is 0 Å². The summed E-state index contributed by atoms with van der Waals surface area (Å²) in [5, 5.41) is 28.3. The van der Waals surface area contributed by atoms with Gasteiger partial charge in [0, 0.05) is 33.0 Å². The number of aromatic nitrogens is 1. The molecule has 322 valence electrons. The lowest BCUT2D eigenvalue weighted by molar-refractivity contribution is -0.432. The zero-order chi connectivity index (χ0) is 44.5. The minimum Gasteiger partial charge on any atom is -0.489 e. The zero-order valence-electron chi connectivity index (χ0n) is 31.6. The summed E-state index contributed by atoms with van der Waals surface area (Å²) >= 11 is 1.05. The van der Waals surface area contributed by atoms with E-state index in [1.165, 1.54) is 24.3 Å². The molecule has 0 spiro atoms. The smallest absolute Gasteiger partial charge is 0.294 e. The third-order valence-electron chi connectivity index (χ3n) is 9.60. The van der Waals surface area contributed by atoms with Crippen LogP contribution in [0.3, 0.4) is 0 Å². The molecule has 22 heteroatoms. The number of hydrogen-bond acceptors (Lipinski definition) is 17. The number of carbonyl (C=O) groups excluding carboxylic acids is 1. The number of ether oxygens (including phenoxy) is 2. The van der Waals surface area contributed by atoms with Gasteiger partial charge in [-0.2, -0.15) is 16.8 Å². The van der Waals surface area contributed by atoms with Crippen LogP contribution in [-0.4, -0.2) is 47.2 Å². The first-order valence-electron chi connectivity index (χ1n) is 17.9. The number of H-pyrrole nitrogens is 1. The summed E-state index contributed by atoms with van der Waals surface area (Å²) in [6.07, 6.45) is 0. The lowest BCUT2D eigenvalue weighted by atomic mass is 9.81. The third kappa shape index (κ3) is 9.05. The van der Waals surface area contributed by atoms with Crippen LogP contribution >= 0.6 is 24.1 Å². The highest BCUT2D eigenvalue weighted by atomic mass is 32.2. The first kappa shape index (κ1) is 43.5. The molecule has 0 amide bonds. The molecule has 6 N–H and O–H groups in total. The van der Waals surface area contributed by atoms with Gasteiger partial charge in [0.1, 0.15) is 18.1 Å². The SMILES string of the molecule is O=C1c2ccccc2-c2c(COc3cccc(SOOO)c3)c(=O)[nH]c3c(Oc4ccc(S(=O)(=O)O)cc4-c4ccccc4)cc(Nc4ccc(S(=O)(=O)O)cc4SOOO)c1c23. The molecule has 0 saturated carbocycles. The standard InChI is InChI=1S/C41H28N2O16S4/c44-40-28-12-5-4-11-27(28)36-30(21-54-23-9-6-10-24(17-23)60-58-56-46)41(45)43-39-34(55-33-16-14-25(62(48,49)50)18-29(33)22-7-2-1-3-8-22)20-32(37(40)38(36)39)42-31-15-13-26(63(51,52)53)19-35(31)61-59-57-47/h1-20,42,46-47H,21H2,(H,43,45)(H,48,49,50)(H,51,52,53). The Morgan fingerprint density at radius 3 is 2.05 bits per heavy atom. The Labute approximate surface area is 364 Å². The molecule has 0 unspecified atom stereocenters. The van der Waals surface area contributed by atoms with E-state index in [9.17, 15) is 35.5 Å². The summed E-state index contributed by atoms with van der Waals surface area (Å²) in [6, 6.07) is 29.9. The van der Waals surface area contributed by atoms with Crippen molar-refractivity contribution in [2.75, 3.05) is 5.32 Å². The molecule has 0 bridgehead atoms. The first-order chi connectivity index (χ1) is 30.2. The minimum atomic E-state index is -4.74. The molecule has 6 aromatic carbocycles. The predicted molar refractivity (Wildman–Crippen MR) is 227 cm³/mol. The topological polar surface area (TPSA) is 267 Å². The van der Waals surface area contributed by atoms with Gasteiger partial charge >= 0.3 is 0 Å². The molecule has 8 rings (SSSR count). The highest BCUT2D eigenvalue weighted by Crippen LogP contribution is 2.48. The van der Waals surface area contributed by atoms with Crippen molar-refractivity contribution in [3.63, 3.8) is 0 Å². The highest BCUT2D eigenvalue weighted by molar-refractivity contribution is 7.95. The van der Waals surface area contributed by atoms with Crippen molar-refractivity contribution in [1.29, 1.82) is 0 Å². The second kappa shape index (κ2) is 17.9. The highest BCUT2D eigenvalue weighted by Gasteiger charge is 2.34. The quantitative estimate of drug-likeness (QED) is 0.0228. The Morgan fingerprint density at radius 2 is 1.32 bits per heavy atom. The minimum absolute atomic E-state index is 0.0160. The average Bonchev–Trinajstić information content (AvgIpc) is 3.27. The van der Waals surface area contributed by atoms with Crippen LogP contribution in [0, 0.1) is 0 Å². The Kier molecular flexibility index (Phi) is 12.4. The van der Waals surface area contributed by atoms with Crippen LogP contribution < -0.4 is 20.3 Å². The van der Waals surface area contributed by atoms with E-state index >= 15 is 0 Å². The summed E-state index contributed by atoms with van der Waals surface area (Å²) in [6.45, 7) is -0.340. The second-order valence-corrected chi connectivity index (χ2v) is 17.7. The van der Waals surface area contributed by atoms with Crippen molar-refractivity contribution in [3.8, 4) is 39.5 Å². The van der Waals surface area contributed by atoms with Gasteiger partial charge in [-0.1, -0.05) is 70.7 Å². The predicted octanol–water partition coefficient (Wildman–Crippen LogP) is 8.87. The van der Waals surface area contributed by atoms with Crippen LogP contribution in [0.25, 0.3) is 33.2 Å². The van der Waals surface area contributed by atoms with Gasteiger partial charge in [0.15, 0.2) is 11.5 Å².